The van der Waals surface area contributed by atoms with Crippen molar-refractivity contribution in [3.05, 3.63) is 29.8 Å². The van der Waals surface area contributed by atoms with Gasteiger partial charge in [-0.25, -0.2) is 13.8 Å². The molecular weight excluding hydrogens is 271 g/mol. The number of sulfonamides is 1. The smallest absolute Gasteiger partial charge is 0.241 e. The highest BCUT2D eigenvalue weighted by Crippen LogP contribution is 2.09. The van der Waals surface area contributed by atoms with Crippen molar-refractivity contribution in [3.8, 4) is 0 Å². The predicted octanol–water partition coefficient (Wildman–Crippen LogP) is 1.58. The molecule has 1 aromatic rings. The molecule has 0 aliphatic carbocycles. The van der Waals surface area contributed by atoms with E-state index in [1.807, 2.05) is 6.92 Å². The first-order valence-corrected chi connectivity index (χ1v) is 6.87. The summed E-state index contributed by atoms with van der Waals surface area (Å²) in [4.78, 5) is 1.70. The molecule has 0 fully saturated rings. The largest absolute Gasteiger partial charge is 0.253 e. The molecule has 0 heterocycles. The lowest BCUT2D eigenvalue weighted by Crippen LogP contribution is -2.39. The second-order valence-electron chi connectivity index (χ2n) is 3.19. The molecule has 4 nitrogen and oxygen atoms in total. The van der Waals surface area contributed by atoms with E-state index in [0.29, 0.717) is 0 Å². The Bertz CT molecular complexity index is 431. The number of hydrogen-bond acceptors (Lipinski definition) is 3. The van der Waals surface area contributed by atoms with Gasteiger partial charge >= 0.3 is 0 Å². The van der Waals surface area contributed by atoms with Crippen LogP contribution in [0.4, 0.5) is 0 Å². The molecule has 0 atom stereocenters. The van der Waals surface area contributed by atoms with E-state index in [-0.39, 0.29) is 11.4 Å². The van der Waals surface area contributed by atoms with Gasteiger partial charge in [0.1, 0.15) is 4.84 Å². The maximum Gasteiger partial charge on any atom is 0.253 e. The number of rotatable bonds is 5. The number of halogens is 2. The van der Waals surface area contributed by atoms with Crippen LogP contribution in [0.3, 0.4) is 0 Å². The molecule has 2 N–H and O–H groups in total. The van der Waals surface area contributed by atoms with Crippen LogP contribution in [0, 0.1) is 6.92 Å². The molecule has 0 unspecified atom stereocenters. The van der Waals surface area contributed by atoms with E-state index >= 15 is 0 Å². The van der Waals surface area contributed by atoms with E-state index in [4.69, 9.17) is 23.2 Å². The average molecular weight is 283 g/mol. The van der Waals surface area contributed by atoms with E-state index in [9.17, 15) is 8.42 Å². The topological polar surface area (TPSA) is 58.2 Å². The van der Waals surface area contributed by atoms with Crippen molar-refractivity contribution in [2.45, 2.75) is 16.7 Å². The Hall–Kier alpha value is -0.330. The van der Waals surface area contributed by atoms with Crippen LogP contribution >= 0.6 is 23.2 Å². The summed E-state index contributed by atoms with van der Waals surface area (Å²) in [5, 5.41) is 0. The van der Waals surface area contributed by atoms with Gasteiger partial charge in [0.05, 0.1) is 4.90 Å². The molecule has 16 heavy (non-hydrogen) atoms. The normalized spacial score (nSPS) is 12.0. The zero-order chi connectivity index (χ0) is 12.2. The lowest BCUT2D eigenvalue weighted by atomic mass is 10.2. The Morgan fingerprint density at radius 3 is 2.31 bits per heavy atom. The van der Waals surface area contributed by atoms with Gasteiger partial charge in [-0.3, -0.25) is 0 Å². The number of alkyl halides is 2. The highest BCUT2D eigenvalue weighted by Gasteiger charge is 2.12. The second-order valence-corrected chi connectivity index (χ2v) is 6.15. The molecule has 0 aliphatic heterocycles. The fraction of sp³-hybridized carbons (Fsp3) is 0.333. The minimum Gasteiger partial charge on any atom is -0.241 e. The van der Waals surface area contributed by atoms with Crippen LogP contribution < -0.4 is 10.3 Å². The molecule has 0 bridgehead atoms. The molecule has 0 spiro atoms. The van der Waals surface area contributed by atoms with E-state index in [1.54, 1.807) is 12.1 Å². The molecule has 7 heteroatoms. The molecule has 0 saturated heterocycles. The summed E-state index contributed by atoms with van der Waals surface area (Å²) in [7, 11) is -3.55. The fourth-order valence-corrected chi connectivity index (χ4v) is 2.03. The summed E-state index contributed by atoms with van der Waals surface area (Å²) in [5.41, 5.74) is 3.43. The molecule has 0 aliphatic rings. The van der Waals surface area contributed by atoms with Crippen LogP contribution in [0.5, 0.6) is 0 Å². The van der Waals surface area contributed by atoms with Gasteiger partial charge in [0.25, 0.3) is 10.0 Å². The highest BCUT2D eigenvalue weighted by atomic mass is 35.5. The maximum absolute atomic E-state index is 11.7. The number of hydrogen-bond donors (Lipinski definition) is 2. The number of nitrogens with one attached hydrogen (secondary N) is 2. The molecule has 0 radical (unpaired) electrons. The molecule has 0 amide bonds. The molecule has 1 aromatic carbocycles. The van der Waals surface area contributed by atoms with Gasteiger partial charge in [-0.15, -0.1) is 28.0 Å². The van der Waals surface area contributed by atoms with Crippen LogP contribution in [-0.4, -0.2) is 19.8 Å². The van der Waals surface area contributed by atoms with E-state index in [1.165, 1.54) is 12.1 Å². The summed E-state index contributed by atoms with van der Waals surface area (Å²) in [6.45, 7) is 2.02. The number of aryl methyl sites for hydroxylation is 1. The standard InChI is InChI=1S/C9H12Cl2N2O2S/c1-7-2-4-8(5-3-7)16(14,15)13-12-6-9(10)11/h2-5,9,12-13H,6H2,1H3. The monoisotopic (exact) mass is 282 g/mol. The Balaban J connectivity index is 2.67. The minimum absolute atomic E-state index is 0.133. The number of hydrazine groups is 1. The minimum atomic E-state index is -3.55. The summed E-state index contributed by atoms with van der Waals surface area (Å²) in [5.74, 6) is 0. The highest BCUT2D eigenvalue weighted by molar-refractivity contribution is 7.89. The van der Waals surface area contributed by atoms with Gasteiger partial charge in [0.15, 0.2) is 0 Å². The molecular formula is C9H12Cl2N2O2S. The first-order chi connectivity index (χ1) is 7.42. The van der Waals surface area contributed by atoms with E-state index < -0.39 is 14.9 Å². The first kappa shape index (κ1) is 13.7. The lowest BCUT2D eigenvalue weighted by molar-refractivity contribution is 0.559. The van der Waals surface area contributed by atoms with Gasteiger partial charge in [-0.2, -0.15) is 0 Å². The van der Waals surface area contributed by atoms with Crippen molar-refractivity contribution in [2.24, 2.45) is 0 Å². The van der Waals surface area contributed by atoms with Gasteiger partial charge in [0, 0.05) is 6.54 Å². The summed E-state index contributed by atoms with van der Waals surface area (Å²) >= 11 is 10.9. The third kappa shape index (κ3) is 4.27. The van der Waals surface area contributed by atoms with Crippen LogP contribution in [0.15, 0.2) is 29.2 Å². The third-order valence-corrected chi connectivity index (χ3v) is 3.41. The quantitative estimate of drug-likeness (QED) is 0.637. The van der Waals surface area contributed by atoms with Gasteiger partial charge in [-0.1, -0.05) is 17.7 Å². The van der Waals surface area contributed by atoms with E-state index in [2.05, 4.69) is 10.3 Å². The van der Waals surface area contributed by atoms with Crippen LogP contribution in [0.1, 0.15) is 5.56 Å². The molecule has 0 saturated carbocycles. The van der Waals surface area contributed by atoms with E-state index in [0.717, 1.165) is 5.56 Å². The summed E-state index contributed by atoms with van der Waals surface area (Å²) in [6, 6.07) is 6.50. The Morgan fingerprint density at radius 1 is 1.25 bits per heavy atom. The predicted molar refractivity (Wildman–Crippen MR) is 65.0 cm³/mol. The van der Waals surface area contributed by atoms with Crippen LogP contribution in [-0.2, 0) is 10.0 Å². The SMILES string of the molecule is Cc1ccc(S(=O)(=O)NNCC(Cl)Cl)cc1. The fourth-order valence-electron chi connectivity index (χ4n) is 0.990. The average Bonchev–Trinajstić information content (AvgIpc) is 2.17. The van der Waals surface area contributed by atoms with Crippen molar-refractivity contribution in [2.75, 3.05) is 6.54 Å². The Labute approximate surface area is 105 Å². The number of benzene rings is 1. The third-order valence-electron chi connectivity index (χ3n) is 1.79. The molecule has 90 valence electrons. The van der Waals surface area contributed by atoms with Crippen LogP contribution in [0.2, 0.25) is 0 Å². The van der Waals surface area contributed by atoms with Gasteiger partial charge < -0.3 is 0 Å². The lowest BCUT2D eigenvalue weighted by Gasteiger charge is -2.08. The maximum atomic E-state index is 11.7. The van der Waals surface area contributed by atoms with Crippen LogP contribution in [0.25, 0.3) is 0 Å². The van der Waals surface area contributed by atoms with Gasteiger partial charge in [-0.05, 0) is 19.1 Å². The Morgan fingerprint density at radius 2 is 1.81 bits per heavy atom. The second kappa shape index (κ2) is 5.84. The van der Waals surface area contributed by atoms with Crippen molar-refractivity contribution >= 4 is 33.2 Å². The molecule has 0 aromatic heterocycles. The summed E-state index contributed by atoms with van der Waals surface area (Å²) < 4.78 is 23.3. The zero-order valence-electron chi connectivity index (χ0n) is 8.57. The Kier molecular flexibility index (Phi) is 5.01. The van der Waals surface area contributed by atoms with Crippen molar-refractivity contribution < 1.29 is 8.42 Å². The van der Waals surface area contributed by atoms with Crippen molar-refractivity contribution in [1.29, 1.82) is 0 Å². The molecule has 1 rings (SSSR count). The van der Waals surface area contributed by atoms with Gasteiger partial charge in [0.2, 0.25) is 0 Å². The zero-order valence-corrected chi connectivity index (χ0v) is 10.9. The van der Waals surface area contributed by atoms with Crippen molar-refractivity contribution in [3.63, 3.8) is 0 Å². The first-order valence-electron chi connectivity index (χ1n) is 4.51. The van der Waals surface area contributed by atoms with Crippen molar-refractivity contribution in [1.82, 2.24) is 10.3 Å². The summed E-state index contributed by atoms with van der Waals surface area (Å²) in [6.07, 6.45) is 0.